The van der Waals surface area contributed by atoms with E-state index in [1.54, 1.807) is 6.07 Å². The van der Waals surface area contributed by atoms with E-state index in [-0.39, 0.29) is 5.56 Å². The van der Waals surface area contributed by atoms with Crippen molar-refractivity contribution in [1.82, 2.24) is 0 Å². The highest BCUT2D eigenvalue weighted by atomic mass is 127. The van der Waals surface area contributed by atoms with E-state index in [4.69, 9.17) is 0 Å². The van der Waals surface area contributed by atoms with E-state index in [9.17, 15) is 35.5 Å². The van der Waals surface area contributed by atoms with E-state index >= 15 is 0 Å². The van der Waals surface area contributed by atoms with Gasteiger partial charge in [-0.1, -0.05) is 18.2 Å². The molecule has 0 bridgehead atoms. The third-order valence-corrected chi connectivity index (χ3v) is 3.09. The lowest BCUT2D eigenvalue weighted by atomic mass is 10.1. The van der Waals surface area contributed by atoms with Crippen LogP contribution in [-0.4, -0.2) is 30.6 Å². The summed E-state index contributed by atoms with van der Waals surface area (Å²) in [6.07, 6.45) is -6.98. The summed E-state index contributed by atoms with van der Waals surface area (Å²) < 4.78 is 91.4. The molecule has 0 aliphatic carbocycles. The third kappa shape index (κ3) is 4.82. The SMILES string of the molecule is O=C(OC/C(I)=C/C(F)(F)C(F)(F)C(F)(F)F)c1ccccc1. The first-order chi connectivity index (χ1) is 10.4. The summed E-state index contributed by atoms with van der Waals surface area (Å²) in [7, 11) is 0. The average molecular weight is 456 g/mol. The quantitative estimate of drug-likeness (QED) is 0.355. The highest BCUT2D eigenvalue weighted by Crippen LogP contribution is 2.47. The molecule has 128 valence electrons. The summed E-state index contributed by atoms with van der Waals surface area (Å²) in [5.74, 6) is -12.6. The molecule has 0 heterocycles. The Labute approximate surface area is 139 Å². The maximum Gasteiger partial charge on any atom is 0.460 e. The number of ether oxygens (including phenoxy) is 1. The van der Waals surface area contributed by atoms with Crippen LogP contribution in [-0.2, 0) is 4.74 Å². The van der Waals surface area contributed by atoms with Gasteiger partial charge in [-0.15, -0.1) is 0 Å². The summed E-state index contributed by atoms with van der Waals surface area (Å²) in [4.78, 5) is 11.5. The van der Waals surface area contributed by atoms with Crippen LogP contribution in [0.1, 0.15) is 10.4 Å². The number of benzene rings is 1. The van der Waals surface area contributed by atoms with E-state index in [1.165, 1.54) is 24.3 Å². The van der Waals surface area contributed by atoms with Crippen LogP contribution in [0, 0.1) is 0 Å². The predicted octanol–water partition coefficient (Wildman–Crippen LogP) is 5.00. The Hall–Kier alpha value is -1.33. The zero-order chi connectivity index (χ0) is 17.9. The van der Waals surface area contributed by atoms with Crippen molar-refractivity contribution < 1.29 is 40.3 Å². The molecule has 2 nitrogen and oxygen atoms in total. The molecule has 0 fully saturated rings. The van der Waals surface area contributed by atoms with Gasteiger partial charge in [0.05, 0.1) is 5.56 Å². The van der Waals surface area contributed by atoms with Crippen LogP contribution in [0.5, 0.6) is 0 Å². The van der Waals surface area contributed by atoms with Gasteiger partial charge in [0.1, 0.15) is 6.61 Å². The van der Waals surface area contributed by atoms with Crippen molar-refractivity contribution in [3.63, 3.8) is 0 Å². The van der Waals surface area contributed by atoms with Gasteiger partial charge in [0.2, 0.25) is 0 Å². The van der Waals surface area contributed by atoms with Crippen LogP contribution in [0.3, 0.4) is 0 Å². The number of hydrogen-bond acceptors (Lipinski definition) is 2. The molecule has 0 spiro atoms. The molecule has 0 atom stereocenters. The molecule has 0 amide bonds. The molecule has 0 aromatic heterocycles. The van der Waals surface area contributed by atoms with Gasteiger partial charge in [-0.05, 0) is 34.7 Å². The molecule has 0 aliphatic heterocycles. The van der Waals surface area contributed by atoms with Crippen molar-refractivity contribution in [2.75, 3.05) is 6.61 Å². The summed E-state index contributed by atoms with van der Waals surface area (Å²) in [6.45, 7) is -0.863. The Bertz CT molecular complexity index is 582. The minimum atomic E-state index is -6.41. The number of carbonyl (C=O) groups is 1. The lowest BCUT2D eigenvalue weighted by Crippen LogP contribution is -2.50. The van der Waals surface area contributed by atoms with Crippen molar-refractivity contribution in [3.05, 3.63) is 45.6 Å². The number of rotatable bonds is 5. The number of hydrogen-bond donors (Lipinski definition) is 0. The fourth-order valence-corrected chi connectivity index (χ4v) is 1.86. The molecule has 0 radical (unpaired) electrons. The average Bonchev–Trinajstić information content (AvgIpc) is 2.43. The molecule has 1 aromatic carbocycles. The second-order valence-corrected chi connectivity index (χ2v) is 5.61. The van der Waals surface area contributed by atoms with Crippen LogP contribution in [0.4, 0.5) is 30.7 Å². The Morgan fingerprint density at radius 1 is 1.04 bits per heavy atom. The second-order valence-electron chi connectivity index (χ2n) is 4.23. The second kappa shape index (κ2) is 7.05. The third-order valence-electron chi connectivity index (χ3n) is 2.46. The van der Waals surface area contributed by atoms with Gasteiger partial charge in [0.25, 0.3) is 0 Å². The smallest absolute Gasteiger partial charge is 0.457 e. The fraction of sp³-hybridized carbons (Fsp3) is 0.308. The maximum absolute atomic E-state index is 13.1. The van der Waals surface area contributed by atoms with Crippen molar-refractivity contribution in [1.29, 1.82) is 0 Å². The molecule has 23 heavy (non-hydrogen) atoms. The number of esters is 1. The fourth-order valence-electron chi connectivity index (χ4n) is 1.31. The summed E-state index contributed by atoms with van der Waals surface area (Å²) in [6, 6.07) is 7.29. The first-order valence-electron chi connectivity index (χ1n) is 5.80. The van der Waals surface area contributed by atoms with Crippen LogP contribution in [0.25, 0.3) is 0 Å². The number of allylic oxidation sites excluding steroid dienone is 1. The van der Waals surface area contributed by atoms with Gasteiger partial charge in [0.15, 0.2) is 0 Å². The topological polar surface area (TPSA) is 26.3 Å². The standard InChI is InChI=1S/C13H8F7IO2/c14-11(15,12(16,17)13(18,19)20)6-9(21)7-23-10(22)8-4-2-1-3-5-8/h1-6H,7H2/b9-6-. The molecule has 0 saturated heterocycles. The lowest BCUT2D eigenvalue weighted by molar-refractivity contribution is -0.341. The van der Waals surface area contributed by atoms with Crippen molar-refractivity contribution in [2.45, 2.75) is 18.0 Å². The van der Waals surface area contributed by atoms with Gasteiger partial charge in [-0.25, -0.2) is 4.79 Å². The first kappa shape index (κ1) is 19.7. The highest BCUT2D eigenvalue weighted by molar-refractivity contribution is 14.1. The number of halogens is 8. The molecule has 0 unspecified atom stereocenters. The van der Waals surface area contributed by atoms with E-state index < -0.39 is 40.3 Å². The highest BCUT2D eigenvalue weighted by Gasteiger charge is 2.72. The Balaban J connectivity index is 2.79. The summed E-state index contributed by atoms with van der Waals surface area (Å²) >= 11 is 1.09. The summed E-state index contributed by atoms with van der Waals surface area (Å²) in [5, 5.41) is 0. The Morgan fingerprint density at radius 3 is 2.04 bits per heavy atom. The first-order valence-corrected chi connectivity index (χ1v) is 6.88. The van der Waals surface area contributed by atoms with Gasteiger partial charge in [-0.2, -0.15) is 30.7 Å². The van der Waals surface area contributed by atoms with Crippen molar-refractivity contribution >= 4 is 28.6 Å². The molecular formula is C13H8F7IO2. The number of alkyl halides is 7. The van der Waals surface area contributed by atoms with Crippen molar-refractivity contribution in [3.8, 4) is 0 Å². The molecule has 1 aromatic rings. The minimum Gasteiger partial charge on any atom is -0.457 e. The lowest BCUT2D eigenvalue weighted by Gasteiger charge is -2.26. The largest absolute Gasteiger partial charge is 0.460 e. The van der Waals surface area contributed by atoms with Crippen LogP contribution in [0.2, 0.25) is 0 Å². The molecule has 0 aliphatic rings. The maximum atomic E-state index is 13.1. The monoisotopic (exact) mass is 456 g/mol. The van der Waals surface area contributed by atoms with Gasteiger partial charge in [0, 0.05) is 9.66 Å². The summed E-state index contributed by atoms with van der Waals surface area (Å²) in [5.41, 5.74) is 0.0732. The van der Waals surface area contributed by atoms with Gasteiger partial charge >= 0.3 is 24.0 Å². The number of carbonyl (C=O) groups excluding carboxylic acids is 1. The van der Waals surface area contributed by atoms with E-state index in [1.807, 2.05) is 0 Å². The zero-order valence-corrected chi connectivity index (χ0v) is 13.2. The van der Waals surface area contributed by atoms with E-state index in [0.29, 0.717) is 0 Å². The molecule has 0 N–H and O–H groups in total. The van der Waals surface area contributed by atoms with Gasteiger partial charge in [-0.3, -0.25) is 0 Å². The molecular weight excluding hydrogens is 448 g/mol. The van der Waals surface area contributed by atoms with Crippen LogP contribution < -0.4 is 0 Å². The molecule has 0 saturated carbocycles. The van der Waals surface area contributed by atoms with Crippen LogP contribution >= 0.6 is 22.6 Å². The van der Waals surface area contributed by atoms with Gasteiger partial charge < -0.3 is 4.74 Å². The Morgan fingerprint density at radius 2 is 1.57 bits per heavy atom. The minimum absolute atomic E-state index is 0.0732. The van der Waals surface area contributed by atoms with E-state index in [0.717, 1.165) is 22.6 Å². The normalized spacial score (nSPS) is 13.8. The van der Waals surface area contributed by atoms with Crippen LogP contribution in [0.15, 0.2) is 40.0 Å². The molecule has 1 rings (SSSR count). The van der Waals surface area contributed by atoms with E-state index in [2.05, 4.69) is 4.74 Å². The molecule has 10 heteroatoms. The Kier molecular flexibility index (Phi) is 6.05. The van der Waals surface area contributed by atoms with Crippen molar-refractivity contribution in [2.24, 2.45) is 0 Å². The predicted molar refractivity (Wildman–Crippen MR) is 74.8 cm³/mol. The zero-order valence-electron chi connectivity index (χ0n) is 11.0.